The number of allylic oxidation sites excluding steroid dienone is 2. The van der Waals surface area contributed by atoms with E-state index in [-0.39, 0.29) is 17.7 Å². The number of nitrogens with zero attached hydrogens (tertiary/aromatic N) is 1. The minimum atomic E-state index is -0.476. The third kappa shape index (κ3) is 1.47. The molecule has 2 amide bonds. The summed E-state index contributed by atoms with van der Waals surface area (Å²) in [4.78, 5) is 26.6. The lowest BCUT2D eigenvalue weighted by molar-refractivity contribution is -0.126. The van der Waals surface area contributed by atoms with Crippen LogP contribution in [0.3, 0.4) is 0 Å². The van der Waals surface area contributed by atoms with Crippen LogP contribution in [0.25, 0.3) is 0 Å². The Labute approximate surface area is 122 Å². The first-order valence-corrected chi connectivity index (χ1v) is 7.29. The lowest BCUT2D eigenvalue weighted by atomic mass is 9.74. The van der Waals surface area contributed by atoms with Gasteiger partial charge >= 0.3 is 0 Å². The smallest absolute Gasteiger partial charge is 0.241 e. The highest BCUT2D eigenvalue weighted by atomic mass is 35.5. The van der Waals surface area contributed by atoms with Crippen LogP contribution in [0, 0.1) is 17.3 Å². The second-order valence-electron chi connectivity index (χ2n) is 6.03. The van der Waals surface area contributed by atoms with Crippen LogP contribution in [0.2, 0.25) is 5.02 Å². The number of benzene rings is 1. The van der Waals surface area contributed by atoms with E-state index in [1.807, 2.05) is 0 Å². The lowest BCUT2D eigenvalue weighted by Crippen LogP contribution is -2.38. The SMILES string of the molecule is O=C1C[C@]2(C[C@@H]3C=C[C@@H]2C3)C(=O)N1c1ccc(Cl)cc1. The van der Waals surface area contributed by atoms with Crippen molar-refractivity contribution in [3.05, 3.63) is 41.4 Å². The van der Waals surface area contributed by atoms with Crippen molar-refractivity contribution in [3.8, 4) is 0 Å². The third-order valence-electron chi connectivity index (χ3n) is 4.94. The van der Waals surface area contributed by atoms with Crippen molar-refractivity contribution < 1.29 is 9.59 Å². The highest BCUT2D eigenvalue weighted by Gasteiger charge is 2.60. The molecule has 1 aliphatic heterocycles. The van der Waals surface area contributed by atoms with Crippen LogP contribution in [0.4, 0.5) is 5.69 Å². The number of hydrogen-bond donors (Lipinski definition) is 0. The van der Waals surface area contributed by atoms with E-state index in [2.05, 4.69) is 12.2 Å². The molecule has 102 valence electrons. The molecule has 3 aliphatic rings. The molecule has 1 saturated carbocycles. The molecule has 4 rings (SSSR count). The average Bonchev–Trinajstić information content (AvgIpc) is 3.07. The summed E-state index contributed by atoms with van der Waals surface area (Å²) in [6.07, 6.45) is 6.51. The molecule has 3 atom stereocenters. The van der Waals surface area contributed by atoms with E-state index in [1.54, 1.807) is 24.3 Å². The van der Waals surface area contributed by atoms with Crippen LogP contribution < -0.4 is 4.90 Å². The number of fused-ring (bicyclic) bond motifs is 3. The quantitative estimate of drug-likeness (QED) is 0.588. The van der Waals surface area contributed by atoms with E-state index in [0.717, 1.165) is 12.8 Å². The predicted molar refractivity (Wildman–Crippen MR) is 76.3 cm³/mol. The molecule has 1 heterocycles. The molecular formula is C16H14ClNO2. The number of halogens is 1. The minimum absolute atomic E-state index is 0.0262. The number of anilines is 1. The van der Waals surface area contributed by atoms with E-state index in [9.17, 15) is 9.59 Å². The van der Waals surface area contributed by atoms with E-state index in [1.165, 1.54) is 4.90 Å². The fourth-order valence-electron chi connectivity index (χ4n) is 4.02. The average molecular weight is 288 g/mol. The second-order valence-corrected chi connectivity index (χ2v) is 6.47. The Morgan fingerprint density at radius 1 is 1.15 bits per heavy atom. The zero-order valence-corrected chi connectivity index (χ0v) is 11.6. The third-order valence-corrected chi connectivity index (χ3v) is 5.19. The number of rotatable bonds is 1. The molecule has 4 heteroatoms. The van der Waals surface area contributed by atoms with Gasteiger partial charge in [0, 0.05) is 11.4 Å². The zero-order chi connectivity index (χ0) is 13.9. The summed E-state index contributed by atoms with van der Waals surface area (Å²) in [6.45, 7) is 0. The van der Waals surface area contributed by atoms with Crippen molar-refractivity contribution in [1.29, 1.82) is 0 Å². The minimum Gasteiger partial charge on any atom is -0.274 e. The van der Waals surface area contributed by atoms with Crippen molar-refractivity contribution >= 4 is 29.1 Å². The monoisotopic (exact) mass is 287 g/mol. The molecule has 0 N–H and O–H groups in total. The number of imide groups is 1. The van der Waals surface area contributed by atoms with Gasteiger partial charge in [-0.15, -0.1) is 0 Å². The van der Waals surface area contributed by atoms with E-state index in [4.69, 9.17) is 11.6 Å². The van der Waals surface area contributed by atoms with Crippen LogP contribution in [0.15, 0.2) is 36.4 Å². The maximum Gasteiger partial charge on any atom is 0.241 e. The van der Waals surface area contributed by atoms with E-state index < -0.39 is 5.41 Å². The summed E-state index contributed by atoms with van der Waals surface area (Å²) in [6, 6.07) is 6.90. The second kappa shape index (κ2) is 3.95. The van der Waals surface area contributed by atoms with E-state index >= 15 is 0 Å². The summed E-state index contributed by atoms with van der Waals surface area (Å²) < 4.78 is 0. The molecule has 1 spiro atoms. The Hall–Kier alpha value is -1.61. The summed E-state index contributed by atoms with van der Waals surface area (Å²) in [7, 11) is 0. The number of amides is 2. The van der Waals surface area contributed by atoms with Crippen molar-refractivity contribution in [2.75, 3.05) is 4.90 Å². The van der Waals surface area contributed by atoms with Crippen molar-refractivity contribution in [1.82, 2.24) is 0 Å². The molecule has 20 heavy (non-hydrogen) atoms. The molecule has 0 aromatic heterocycles. The topological polar surface area (TPSA) is 37.4 Å². The van der Waals surface area contributed by atoms with Gasteiger partial charge in [-0.25, -0.2) is 0 Å². The molecule has 2 fully saturated rings. The number of carbonyl (C=O) groups is 2. The van der Waals surface area contributed by atoms with Crippen molar-refractivity contribution in [2.45, 2.75) is 19.3 Å². The first-order valence-electron chi connectivity index (χ1n) is 6.91. The van der Waals surface area contributed by atoms with Gasteiger partial charge in [-0.05, 0) is 48.9 Å². The molecule has 1 aromatic carbocycles. The van der Waals surface area contributed by atoms with Crippen molar-refractivity contribution in [3.63, 3.8) is 0 Å². The van der Waals surface area contributed by atoms with Crippen LogP contribution in [-0.4, -0.2) is 11.8 Å². The molecule has 0 radical (unpaired) electrons. The normalized spacial score (nSPS) is 34.8. The summed E-state index contributed by atoms with van der Waals surface area (Å²) in [5.41, 5.74) is 0.156. The summed E-state index contributed by atoms with van der Waals surface area (Å²) >= 11 is 5.87. The zero-order valence-electron chi connectivity index (χ0n) is 10.9. The molecule has 2 aliphatic carbocycles. The Morgan fingerprint density at radius 3 is 2.50 bits per heavy atom. The van der Waals surface area contributed by atoms with Gasteiger partial charge in [0.25, 0.3) is 0 Å². The van der Waals surface area contributed by atoms with E-state index in [0.29, 0.717) is 23.0 Å². The maximum atomic E-state index is 12.9. The Kier molecular flexibility index (Phi) is 2.40. The maximum absolute atomic E-state index is 12.9. The summed E-state index contributed by atoms with van der Waals surface area (Å²) in [5, 5.41) is 0.602. The first kappa shape index (κ1) is 12.2. The highest BCUT2D eigenvalue weighted by Crippen LogP contribution is 2.57. The number of carbonyl (C=O) groups excluding carboxylic acids is 2. The fourth-order valence-corrected chi connectivity index (χ4v) is 4.14. The van der Waals surface area contributed by atoms with Gasteiger partial charge in [0.05, 0.1) is 11.1 Å². The van der Waals surface area contributed by atoms with Gasteiger partial charge in [-0.1, -0.05) is 23.8 Å². The summed E-state index contributed by atoms with van der Waals surface area (Å²) in [5.74, 6) is 0.600. The predicted octanol–water partition coefficient (Wildman–Crippen LogP) is 3.19. The number of hydrogen-bond acceptors (Lipinski definition) is 2. The molecule has 0 unspecified atom stereocenters. The Balaban J connectivity index is 1.73. The molecule has 1 aromatic rings. The van der Waals surface area contributed by atoms with Gasteiger partial charge in [0.2, 0.25) is 11.8 Å². The van der Waals surface area contributed by atoms with Crippen LogP contribution in [0.5, 0.6) is 0 Å². The van der Waals surface area contributed by atoms with Crippen LogP contribution in [0.1, 0.15) is 19.3 Å². The molecule has 1 saturated heterocycles. The Morgan fingerprint density at radius 2 is 1.90 bits per heavy atom. The lowest BCUT2D eigenvalue weighted by Gasteiger charge is -2.28. The van der Waals surface area contributed by atoms with Gasteiger partial charge < -0.3 is 0 Å². The van der Waals surface area contributed by atoms with Gasteiger partial charge in [-0.2, -0.15) is 0 Å². The molecule has 3 nitrogen and oxygen atoms in total. The largest absolute Gasteiger partial charge is 0.274 e. The molecular weight excluding hydrogens is 274 g/mol. The van der Waals surface area contributed by atoms with Crippen LogP contribution >= 0.6 is 11.6 Å². The van der Waals surface area contributed by atoms with Crippen molar-refractivity contribution in [2.24, 2.45) is 17.3 Å². The van der Waals surface area contributed by atoms with Gasteiger partial charge in [-0.3, -0.25) is 14.5 Å². The van der Waals surface area contributed by atoms with Gasteiger partial charge in [0.1, 0.15) is 0 Å². The highest BCUT2D eigenvalue weighted by molar-refractivity contribution is 6.30. The van der Waals surface area contributed by atoms with Gasteiger partial charge in [0.15, 0.2) is 0 Å². The standard InChI is InChI=1S/C16H14ClNO2/c17-12-3-5-13(6-4-12)18-14(19)9-16(15(18)20)8-10-1-2-11(16)7-10/h1-6,10-11H,7-9H2/t10-,11-,16+/m1/s1. The molecule has 2 bridgehead atoms. The first-order chi connectivity index (χ1) is 9.60. The Bertz CT molecular complexity index is 636. The van der Waals surface area contributed by atoms with Crippen LogP contribution in [-0.2, 0) is 9.59 Å². The fraction of sp³-hybridized carbons (Fsp3) is 0.375.